The maximum atomic E-state index is 5.77. The number of halogens is 2. The van der Waals surface area contributed by atoms with E-state index >= 15 is 0 Å². The van der Waals surface area contributed by atoms with Crippen molar-refractivity contribution in [3.63, 3.8) is 0 Å². The number of benzene rings is 1. The smallest absolute Gasteiger partial charge is 0.0406 e. The van der Waals surface area contributed by atoms with Crippen molar-refractivity contribution >= 4 is 27.5 Å². The number of hydrogen-bond donors (Lipinski definition) is 0. The molecule has 0 saturated carbocycles. The minimum Gasteiger partial charge on any atom is -0.0925 e. The summed E-state index contributed by atoms with van der Waals surface area (Å²) < 4.78 is 0. The predicted molar refractivity (Wildman–Crippen MR) is 62.7 cm³/mol. The van der Waals surface area contributed by atoms with Crippen LogP contribution in [0.1, 0.15) is 12.0 Å². The van der Waals surface area contributed by atoms with E-state index in [2.05, 4.69) is 40.2 Å². The molecule has 0 nitrogen and oxygen atoms in total. The first kappa shape index (κ1) is 10.8. The van der Waals surface area contributed by atoms with Crippen LogP contribution in [0.3, 0.4) is 0 Å². The largest absolute Gasteiger partial charge is 0.0925 e. The van der Waals surface area contributed by atoms with Gasteiger partial charge in [0, 0.05) is 10.4 Å². The fraction of sp³-hybridized carbons (Fsp3) is 0.273. The third-order valence-corrected chi connectivity index (χ3v) is 2.42. The van der Waals surface area contributed by atoms with E-state index in [1.54, 1.807) is 0 Å². The maximum absolute atomic E-state index is 5.77. The zero-order valence-electron chi connectivity index (χ0n) is 7.34. The van der Waals surface area contributed by atoms with E-state index < -0.39 is 0 Å². The van der Waals surface area contributed by atoms with Crippen molar-refractivity contribution in [2.24, 2.45) is 0 Å². The molecule has 0 spiro atoms. The van der Waals surface area contributed by atoms with Crippen LogP contribution in [0.4, 0.5) is 0 Å². The molecule has 2 heteroatoms. The van der Waals surface area contributed by atoms with Gasteiger partial charge in [0.1, 0.15) is 0 Å². The van der Waals surface area contributed by atoms with E-state index in [1.807, 2.05) is 12.1 Å². The summed E-state index contributed by atoms with van der Waals surface area (Å²) in [4.78, 5) is 0. The number of hydrogen-bond acceptors (Lipinski definition) is 0. The summed E-state index contributed by atoms with van der Waals surface area (Å²) in [6.45, 7) is 0. The molecule has 0 N–H and O–H groups in total. The van der Waals surface area contributed by atoms with Gasteiger partial charge in [-0.1, -0.05) is 51.8 Å². The summed E-state index contributed by atoms with van der Waals surface area (Å²) in [5, 5.41) is 1.83. The van der Waals surface area contributed by atoms with Gasteiger partial charge in [-0.3, -0.25) is 0 Å². The minimum absolute atomic E-state index is 0.799. The van der Waals surface area contributed by atoms with Crippen LogP contribution in [-0.2, 0) is 6.42 Å². The van der Waals surface area contributed by atoms with Crippen molar-refractivity contribution in [3.8, 4) is 0 Å². The van der Waals surface area contributed by atoms with E-state index in [4.69, 9.17) is 11.6 Å². The second-order valence-electron chi connectivity index (χ2n) is 2.78. The maximum Gasteiger partial charge on any atom is 0.0406 e. The lowest BCUT2D eigenvalue weighted by Crippen LogP contribution is -1.79. The molecule has 13 heavy (non-hydrogen) atoms. The van der Waals surface area contributed by atoms with E-state index in [9.17, 15) is 0 Å². The highest BCUT2D eigenvalue weighted by Crippen LogP contribution is 2.10. The van der Waals surface area contributed by atoms with Gasteiger partial charge in [0.15, 0.2) is 0 Å². The van der Waals surface area contributed by atoms with Gasteiger partial charge < -0.3 is 0 Å². The van der Waals surface area contributed by atoms with Gasteiger partial charge >= 0.3 is 0 Å². The molecule has 0 aliphatic rings. The van der Waals surface area contributed by atoms with Gasteiger partial charge in [0.2, 0.25) is 0 Å². The van der Waals surface area contributed by atoms with E-state index in [0.29, 0.717) is 0 Å². The Kier molecular flexibility index (Phi) is 5.18. The van der Waals surface area contributed by atoms with Crippen molar-refractivity contribution in [1.29, 1.82) is 0 Å². The van der Waals surface area contributed by atoms with E-state index in [-0.39, 0.29) is 0 Å². The molecular weight excluding hydrogens is 247 g/mol. The summed E-state index contributed by atoms with van der Waals surface area (Å²) in [7, 11) is 0. The van der Waals surface area contributed by atoms with Gasteiger partial charge in [-0.15, -0.1) is 0 Å². The Bertz CT molecular complexity index is 264. The van der Waals surface area contributed by atoms with E-state index in [0.717, 1.165) is 23.2 Å². The summed E-state index contributed by atoms with van der Waals surface area (Å²) in [6, 6.07) is 7.96. The first-order valence-corrected chi connectivity index (χ1v) is 5.78. The topological polar surface area (TPSA) is 0 Å². The Morgan fingerprint density at radius 3 is 2.46 bits per heavy atom. The molecule has 0 atom stereocenters. The molecule has 0 amide bonds. The van der Waals surface area contributed by atoms with Crippen LogP contribution in [0, 0.1) is 0 Å². The van der Waals surface area contributed by atoms with Gasteiger partial charge in [-0.05, 0) is 30.5 Å². The fourth-order valence-electron chi connectivity index (χ4n) is 1.02. The number of rotatable bonds is 4. The fourth-order valence-corrected chi connectivity index (χ4v) is 1.41. The van der Waals surface area contributed by atoms with Gasteiger partial charge in [0.05, 0.1) is 0 Å². The average Bonchev–Trinajstić information content (AvgIpc) is 2.15. The Morgan fingerprint density at radius 2 is 1.85 bits per heavy atom. The summed E-state index contributed by atoms with van der Waals surface area (Å²) in [5.41, 5.74) is 1.30. The molecule has 70 valence electrons. The third kappa shape index (κ3) is 4.49. The SMILES string of the molecule is Clc1ccc(CC=CCCBr)cc1. The Labute approximate surface area is 92.7 Å². The standard InChI is InChI=1S/C11H12BrCl/c12-9-3-1-2-4-10-5-7-11(13)8-6-10/h1-2,5-8H,3-4,9H2. The normalized spacial score (nSPS) is 10.9. The molecule has 0 saturated heterocycles. The lowest BCUT2D eigenvalue weighted by Gasteiger charge is -1.95. The molecule has 1 aromatic carbocycles. The molecule has 1 aromatic rings. The van der Waals surface area contributed by atoms with Crippen LogP contribution < -0.4 is 0 Å². The van der Waals surface area contributed by atoms with Crippen LogP contribution in [0.2, 0.25) is 5.02 Å². The molecule has 0 aliphatic heterocycles. The second kappa shape index (κ2) is 6.22. The Hall–Kier alpha value is -0.270. The average molecular weight is 260 g/mol. The monoisotopic (exact) mass is 258 g/mol. The number of allylic oxidation sites excluding steroid dienone is 2. The van der Waals surface area contributed by atoms with Crippen molar-refractivity contribution in [2.75, 3.05) is 5.33 Å². The summed E-state index contributed by atoms with van der Waals surface area (Å²) in [5.74, 6) is 0. The van der Waals surface area contributed by atoms with Crippen LogP contribution >= 0.6 is 27.5 Å². The molecule has 1 rings (SSSR count). The van der Waals surface area contributed by atoms with Gasteiger partial charge in [-0.25, -0.2) is 0 Å². The van der Waals surface area contributed by atoms with Crippen LogP contribution in [0.25, 0.3) is 0 Å². The zero-order valence-corrected chi connectivity index (χ0v) is 9.68. The molecule has 0 bridgehead atoms. The van der Waals surface area contributed by atoms with Crippen LogP contribution in [0.15, 0.2) is 36.4 Å². The molecule has 0 aromatic heterocycles. The van der Waals surface area contributed by atoms with Crippen molar-refractivity contribution in [1.82, 2.24) is 0 Å². The Balaban J connectivity index is 2.41. The van der Waals surface area contributed by atoms with Gasteiger partial charge in [0.25, 0.3) is 0 Å². The lowest BCUT2D eigenvalue weighted by molar-refractivity contribution is 1.20. The third-order valence-electron chi connectivity index (χ3n) is 1.71. The molecule has 0 heterocycles. The lowest BCUT2D eigenvalue weighted by atomic mass is 10.1. The quantitative estimate of drug-likeness (QED) is 0.561. The van der Waals surface area contributed by atoms with E-state index in [1.165, 1.54) is 5.56 Å². The highest BCUT2D eigenvalue weighted by molar-refractivity contribution is 9.09. The molecule has 0 fully saturated rings. The first-order chi connectivity index (χ1) is 6.33. The Morgan fingerprint density at radius 1 is 1.15 bits per heavy atom. The molecule has 0 unspecified atom stereocenters. The van der Waals surface area contributed by atoms with Crippen molar-refractivity contribution in [3.05, 3.63) is 47.0 Å². The van der Waals surface area contributed by atoms with Crippen molar-refractivity contribution < 1.29 is 0 Å². The van der Waals surface area contributed by atoms with Crippen LogP contribution in [0.5, 0.6) is 0 Å². The molecule has 0 aliphatic carbocycles. The minimum atomic E-state index is 0.799. The summed E-state index contributed by atoms with van der Waals surface area (Å²) in [6.07, 6.45) is 6.45. The second-order valence-corrected chi connectivity index (χ2v) is 4.01. The van der Waals surface area contributed by atoms with Crippen molar-refractivity contribution in [2.45, 2.75) is 12.8 Å². The highest BCUT2D eigenvalue weighted by Gasteiger charge is 1.88. The first-order valence-electron chi connectivity index (χ1n) is 4.28. The molecular formula is C11H12BrCl. The zero-order chi connectivity index (χ0) is 9.52. The number of alkyl halides is 1. The predicted octanol–water partition coefficient (Wildman–Crippen LogP) is 4.22. The van der Waals surface area contributed by atoms with Gasteiger partial charge in [-0.2, -0.15) is 0 Å². The molecule has 0 radical (unpaired) electrons. The van der Waals surface area contributed by atoms with Crippen LogP contribution in [-0.4, -0.2) is 5.33 Å². The summed E-state index contributed by atoms with van der Waals surface area (Å²) >= 11 is 9.15. The highest BCUT2D eigenvalue weighted by atomic mass is 79.9.